The molecule has 0 saturated carbocycles. The van der Waals surface area contributed by atoms with Gasteiger partial charge in [0.25, 0.3) is 0 Å². The quantitative estimate of drug-likeness (QED) is 0.425. The number of hydrogen-bond acceptors (Lipinski definition) is 5. The molecule has 5 rings (SSSR count). The molecule has 1 heterocycles. The molecule has 3 aromatic rings. The molecule has 0 radical (unpaired) electrons. The van der Waals surface area contributed by atoms with Gasteiger partial charge >= 0.3 is 6.36 Å². The van der Waals surface area contributed by atoms with E-state index in [-0.39, 0.29) is 17.3 Å². The zero-order chi connectivity index (χ0) is 24.6. The van der Waals surface area contributed by atoms with E-state index in [1.165, 1.54) is 24.3 Å². The molecular weight excluding hydrogens is 457 g/mol. The first-order valence-electron chi connectivity index (χ1n) is 11.2. The molecule has 0 bridgehead atoms. The van der Waals surface area contributed by atoms with Crippen LogP contribution in [-0.2, 0) is 4.79 Å². The highest BCUT2D eigenvalue weighted by molar-refractivity contribution is 6.10. The number of rotatable bonds is 4. The van der Waals surface area contributed by atoms with Crippen molar-refractivity contribution in [2.75, 3.05) is 10.6 Å². The van der Waals surface area contributed by atoms with Gasteiger partial charge in [0.05, 0.1) is 17.4 Å². The van der Waals surface area contributed by atoms with Crippen molar-refractivity contribution < 1.29 is 27.5 Å². The predicted octanol–water partition coefficient (Wildman–Crippen LogP) is 6.40. The second kappa shape index (κ2) is 8.94. The zero-order valence-corrected chi connectivity index (χ0v) is 18.5. The average molecular weight is 478 g/mol. The van der Waals surface area contributed by atoms with Crippen LogP contribution in [0.1, 0.15) is 46.8 Å². The van der Waals surface area contributed by atoms with Gasteiger partial charge in [0.15, 0.2) is 11.6 Å². The topological polar surface area (TPSA) is 67.4 Å². The van der Waals surface area contributed by atoms with E-state index in [0.717, 1.165) is 5.70 Å². The number of ether oxygens (including phenoxy) is 1. The largest absolute Gasteiger partial charge is 0.573 e. The number of allylic oxidation sites excluding steroid dienone is 1. The summed E-state index contributed by atoms with van der Waals surface area (Å²) in [4.78, 5) is 25.9. The molecule has 35 heavy (non-hydrogen) atoms. The number of alkyl halides is 3. The first-order chi connectivity index (χ1) is 16.8. The Morgan fingerprint density at radius 3 is 2.34 bits per heavy atom. The van der Waals surface area contributed by atoms with Gasteiger partial charge in [-0.05, 0) is 48.7 Å². The lowest BCUT2D eigenvalue weighted by Gasteiger charge is -2.25. The van der Waals surface area contributed by atoms with Crippen molar-refractivity contribution in [1.29, 1.82) is 0 Å². The molecule has 0 amide bonds. The van der Waals surface area contributed by atoms with Crippen LogP contribution in [0.4, 0.5) is 24.5 Å². The minimum atomic E-state index is -4.78. The van der Waals surface area contributed by atoms with Crippen LogP contribution in [0, 0.1) is 0 Å². The number of nitrogens with one attached hydrogen (secondary N) is 2. The number of hydrogen-bond donors (Lipinski definition) is 2. The van der Waals surface area contributed by atoms with E-state index in [0.29, 0.717) is 52.9 Å². The first kappa shape index (κ1) is 22.7. The highest BCUT2D eigenvalue weighted by Gasteiger charge is 2.33. The molecule has 1 unspecified atom stereocenters. The van der Waals surface area contributed by atoms with Crippen molar-refractivity contribution in [3.05, 3.63) is 101 Å². The number of fused-ring (bicyclic) bond motifs is 1. The van der Waals surface area contributed by atoms with Gasteiger partial charge in [-0.15, -0.1) is 13.2 Å². The molecule has 0 spiro atoms. The van der Waals surface area contributed by atoms with Crippen molar-refractivity contribution in [2.45, 2.75) is 31.7 Å². The van der Waals surface area contributed by atoms with Gasteiger partial charge in [0, 0.05) is 28.8 Å². The molecule has 0 saturated heterocycles. The van der Waals surface area contributed by atoms with Gasteiger partial charge < -0.3 is 15.4 Å². The number of Topliss-reactive ketones (excluding diaryl/α,β-unsaturated/α-hetero) is 1. The van der Waals surface area contributed by atoms with Gasteiger partial charge in [0.2, 0.25) is 0 Å². The SMILES string of the molecule is O=C1CCCC2=C1C(c1ccc(OC(F)(F)F)cc1)Nc1ccc(C(=O)c3ccccc3)cc1N2. The van der Waals surface area contributed by atoms with E-state index in [2.05, 4.69) is 15.4 Å². The third kappa shape index (κ3) is 4.77. The molecule has 178 valence electrons. The third-order valence-electron chi connectivity index (χ3n) is 6.09. The maximum atomic E-state index is 13.0. The standard InChI is InChI=1S/C27H21F3N2O3/c28-27(29,30)35-19-12-9-16(10-13-19)25-24-21(7-4-8-23(24)33)31-22-15-18(11-14-20(22)32-25)26(34)17-5-2-1-3-6-17/h1-3,5-6,9-15,25,31-32H,4,7-8H2. The molecule has 0 fully saturated rings. The number of carbonyl (C=O) groups excluding carboxylic acids is 2. The van der Waals surface area contributed by atoms with Crippen LogP contribution in [0.15, 0.2) is 84.1 Å². The van der Waals surface area contributed by atoms with Crippen molar-refractivity contribution in [2.24, 2.45) is 0 Å². The Morgan fingerprint density at radius 2 is 1.63 bits per heavy atom. The molecule has 1 atom stereocenters. The lowest BCUT2D eigenvalue weighted by Crippen LogP contribution is -2.23. The van der Waals surface area contributed by atoms with Crippen LogP contribution in [0.25, 0.3) is 0 Å². The maximum absolute atomic E-state index is 13.0. The van der Waals surface area contributed by atoms with Crippen LogP contribution in [0.2, 0.25) is 0 Å². The van der Waals surface area contributed by atoms with Crippen LogP contribution in [0.5, 0.6) is 5.75 Å². The number of benzene rings is 3. The zero-order valence-electron chi connectivity index (χ0n) is 18.5. The summed E-state index contributed by atoms with van der Waals surface area (Å²) in [5.41, 5.74) is 4.33. The van der Waals surface area contributed by atoms with Gasteiger partial charge in [0.1, 0.15) is 5.75 Å². The minimum Gasteiger partial charge on any atom is -0.406 e. The van der Waals surface area contributed by atoms with Crippen LogP contribution in [-0.4, -0.2) is 17.9 Å². The number of ketones is 2. The van der Waals surface area contributed by atoms with E-state index in [4.69, 9.17) is 0 Å². The molecular formula is C27H21F3N2O3. The summed E-state index contributed by atoms with van der Waals surface area (Å²) in [6.07, 6.45) is -3.06. The second-order valence-electron chi connectivity index (χ2n) is 8.44. The number of carbonyl (C=O) groups is 2. The Bertz CT molecular complexity index is 1320. The van der Waals surface area contributed by atoms with Crippen molar-refractivity contribution in [3.8, 4) is 5.75 Å². The van der Waals surface area contributed by atoms with E-state index in [1.807, 2.05) is 6.07 Å². The molecule has 3 aromatic carbocycles. The fourth-order valence-corrected chi connectivity index (χ4v) is 4.50. The summed E-state index contributed by atoms with van der Waals surface area (Å²) in [6, 6.07) is 19.1. The monoisotopic (exact) mass is 478 g/mol. The minimum absolute atomic E-state index is 0.0275. The molecule has 5 nitrogen and oxygen atoms in total. The van der Waals surface area contributed by atoms with Crippen LogP contribution >= 0.6 is 0 Å². The second-order valence-corrected chi connectivity index (χ2v) is 8.44. The van der Waals surface area contributed by atoms with Gasteiger partial charge in [-0.2, -0.15) is 0 Å². The fourth-order valence-electron chi connectivity index (χ4n) is 4.50. The number of anilines is 2. The van der Waals surface area contributed by atoms with Crippen molar-refractivity contribution in [1.82, 2.24) is 0 Å². The highest BCUT2D eigenvalue weighted by atomic mass is 19.4. The number of halogens is 3. The smallest absolute Gasteiger partial charge is 0.406 e. The lowest BCUT2D eigenvalue weighted by molar-refractivity contribution is -0.274. The summed E-state index contributed by atoms with van der Waals surface area (Å²) < 4.78 is 41.7. The summed E-state index contributed by atoms with van der Waals surface area (Å²) in [7, 11) is 0. The Morgan fingerprint density at radius 1 is 0.886 bits per heavy atom. The fraction of sp³-hybridized carbons (Fsp3) is 0.185. The molecule has 2 aliphatic rings. The maximum Gasteiger partial charge on any atom is 0.573 e. The van der Waals surface area contributed by atoms with Gasteiger partial charge in [-0.3, -0.25) is 9.59 Å². The molecule has 0 aromatic heterocycles. The Kier molecular flexibility index (Phi) is 5.80. The van der Waals surface area contributed by atoms with Crippen LogP contribution < -0.4 is 15.4 Å². The highest BCUT2D eigenvalue weighted by Crippen LogP contribution is 2.41. The van der Waals surface area contributed by atoms with E-state index in [1.54, 1.807) is 42.5 Å². The average Bonchev–Trinajstić information content (AvgIpc) is 3.00. The Hall–Kier alpha value is -4.07. The molecule has 2 N–H and O–H groups in total. The lowest BCUT2D eigenvalue weighted by atomic mass is 9.86. The third-order valence-corrected chi connectivity index (χ3v) is 6.09. The van der Waals surface area contributed by atoms with Gasteiger partial charge in [-0.25, -0.2) is 0 Å². The summed E-state index contributed by atoms with van der Waals surface area (Å²) in [5.74, 6) is -0.480. The molecule has 1 aliphatic heterocycles. The Labute approximate surface area is 199 Å². The predicted molar refractivity (Wildman–Crippen MR) is 125 cm³/mol. The van der Waals surface area contributed by atoms with Crippen LogP contribution in [0.3, 0.4) is 0 Å². The summed E-state index contributed by atoms with van der Waals surface area (Å²) in [6.45, 7) is 0. The Balaban J connectivity index is 1.52. The summed E-state index contributed by atoms with van der Waals surface area (Å²) >= 11 is 0. The van der Waals surface area contributed by atoms with E-state index < -0.39 is 12.4 Å². The molecule has 1 aliphatic carbocycles. The summed E-state index contributed by atoms with van der Waals surface area (Å²) in [5, 5.41) is 6.71. The van der Waals surface area contributed by atoms with Crippen molar-refractivity contribution >= 4 is 22.9 Å². The van der Waals surface area contributed by atoms with Crippen molar-refractivity contribution in [3.63, 3.8) is 0 Å². The normalized spacial score (nSPS) is 17.5. The van der Waals surface area contributed by atoms with Gasteiger partial charge in [-0.1, -0.05) is 42.5 Å². The van der Waals surface area contributed by atoms with E-state index in [9.17, 15) is 22.8 Å². The first-order valence-corrected chi connectivity index (χ1v) is 11.2. The van der Waals surface area contributed by atoms with E-state index >= 15 is 0 Å². The molecule has 8 heteroatoms.